The Bertz CT molecular complexity index is 612. The average Bonchev–Trinajstić information content (AvgIpc) is 2.81. The van der Waals surface area contributed by atoms with E-state index in [2.05, 4.69) is 42.6 Å². The predicted molar refractivity (Wildman–Crippen MR) is 84.2 cm³/mol. The Hall–Kier alpha value is -1.40. The maximum Gasteiger partial charge on any atom is 0.0896 e. The minimum Gasteiger partial charge on any atom is -0.383 e. The highest BCUT2D eigenvalue weighted by Gasteiger charge is 2.22. The van der Waals surface area contributed by atoms with E-state index in [1.54, 1.807) is 13.3 Å². The Kier molecular flexibility index (Phi) is 5.36. The summed E-state index contributed by atoms with van der Waals surface area (Å²) >= 11 is 6.31. The topological polar surface area (TPSA) is 65.1 Å². The molecule has 0 aliphatic heterocycles. The second kappa shape index (κ2) is 7.04. The predicted octanol–water partition coefficient (Wildman–Crippen LogP) is 2.35. The van der Waals surface area contributed by atoms with Crippen LogP contribution >= 0.6 is 11.6 Å². The number of rotatable bonds is 6. The third-order valence-corrected chi connectivity index (χ3v) is 3.81. The molecule has 2 rings (SSSR count). The van der Waals surface area contributed by atoms with E-state index in [9.17, 15) is 0 Å². The summed E-state index contributed by atoms with van der Waals surface area (Å²) in [5.41, 5.74) is 7.16. The highest BCUT2D eigenvalue weighted by Crippen LogP contribution is 2.30. The monoisotopic (exact) mass is 308 g/mol. The minimum absolute atomic E-state index is 0.211. The van der Waals surface area contributed by atoms with Crippen LogP contribution in [0.3, 0.4) is 0 Å². The smallest absolute Gasteiger partial charge is 0.0896 e. The fraction of sp³-hybridized carbons (Fsp3) is 0.400. The molecular weight excluding hydrogens is 288 g/mol. The molecule has 1 aromatic carbocycles. The first kappa shape index (κ1) is 16.0. The summed E-state index contributed by atoms with van der Waals surface area (Å²) in [5, 5.41) is 4.90. The standard InChI is InChI=1S/C15H21ClN4O/c1-10-4-5-12(11(2)8-10)14(19-17)15-13(16)9-18-20(15)6-7-21-3/h4-5,8-9,14,19H,6-7,17H2,1-3H3. The normalized spacial score (nSPS) is 12.6. The SMILES string of the molecule is COCCn1ncc(Cl)c1C(NN)c1ccc(C)cc1C. The van der Waals surface area contributed by atoms with Crippen LogP contribution in [-0.2, 0) is 11.3 Å². The van der Waals surface area contributed by atoms with E-state index in [0.717, 1.165) is 16.8 Å². The van der Waals surface area contributed by atoms with Crippen molar-refractivity contribution < 1.29 is 4.74 Å². The second-order valence-electron chi connectivity index (χ2n) is 5.05. The van der Waals surface area contributed by atoms with Gasteiger partial charge in [-0.15, -0.1) is 0 Å². The van der Waals surface area contributed by atoms with Crippen molar-refractivity contribution in [1.82, 2.24) is 15.2 Å². The second-order valence-corrected chi connectivity index (χ2v) is 5.46. The molecule has 0 amide bonds. The van der Waals surface area contributed by atoms with E-state index in [0.29, 0.717) is 18.2 Å². The summed E-state index contributed by atoms with van der Waals surface area (Å²) < 4.78 is 6.94. The molecule has 1 atom stereocenters. The molecule has 0 bridgehead atoms. The molecule has 2 aromatic rings. The van der Waals surface area contributed by atoms with Crippen molar-refractivity contribution in [1.29, 1.82) is 0 Å². The summed E-state index contributed by atoms with van der Waals surface area (Å²) in [6, 6.07) is 6.05. The third kappa shape index (κ3) is 3.44. The van der Waals surface area contributed by atoms with Gasteiger partial charge in [0.2, 0.25) is 0 Å². The third-order valence-electron chi connectivity index (χ3n) is 3.52. The number of aryl methyl sites for hydroxylation is 2. The van der Waals surface area contributed by atoms with E-state index in [4.69, 9.17) is 22.2 Å². The van der Waals surface area contributed by atoms with Crippen LogP contribution in [0.5, 0.6) is 0 Å². The van der Waals surface area contributed by atoms with Crippen LogP contribution in [0.1, 0.15) is 28.4 Å². The van der Waals surface area contributed by atoms with Crippen LogP contribution < -0.4 is 11.3 Å². The van der Waals surface area contributed by atoms with Crippen molar-refractivity contribution in [2.45, 2.75) is 26.4 Å². The van der Waals surface area contributed by atoms with Gasteiger partial charge < -0.3 is 4.74 Å². The van der Waals surface area contributed by atoms with Crippen LogP contribution in [0, 0.1) is 13.8 Å². The lowest BCUT2D eigenvalue weighted by atomic mass is 9.97. The molecule has 0 saturated heterocycles. The first-order chi connectivity index (χ1) is 10.1. The molecule has 0 aliphatic rings. The maximum atomic E-state index is 6.31. The number of hydrogen-bond donors (Lipinski definition) is 2. The lowest BCUT2D eigenvalue weighted by Crippen LogP contribution is -2.31. The molecule has 114 valence electrons. The number of nitrogens with zero attached hydrogens (tertiary/aromatic N) is 2. The fourth-order valence-corrected chi connectivity index (χ4v) is 2.73. The Balaban J connectivity index is 2.43. The number of nitrogens with one attached hydrogen (secondary N) is 1. The molecule has 1 unspecified atom stereocenters. The number of halogens is 1. The summed E-state index contributed by atoms with van der Waals surface area (Å²) in [4.78, 5) is 0. The molecular formula is C15H21ClN4O. The first-order valence-corrected chi connectivity index (χ1v) is 7.19. The van der Waals surface area contributed by atoms with Gasteiger partial charge in [-0.2, -0.15) is 5.10 Å². The Morgan fingerprint density at radius 3 is 2.81 bits per heavy atom. The molecule has 5 nitrogen and oxygen atoms in total. The van der Waals surface area contributed by atoms with Gasteiger partial charge >= 0.3 is 0 Å². The zero-order chi connectivity index (χ0) is 15.4. The maximum absolute atomic E-state index is 6.31. The highest BCUT2D eigenvalue weighted by atomic mass is 35.5. The Labute approximate surface area is 130 Å². The van der Waals surface area contributed by atoms with Crippen molar-refractivity contribution in [2.24, 2.45) is 5.84 Å². The largest absolute Gasteiger partial charge is 0.383 e. The molecule has 0 aliphatic carbocycles. The molecule has 21 heavy (non-hydrogen) atoms. The number of methoxy groups -OCH3 is 1. The van der Waals surface area contributed by atoms with Crippen LogP contribution in [0.15, 0.2) is 24.4 Å². The Morgan fingerprint density at radius 1 is 1.43 bits per heavy atom. The van der Waals surface area contributed by atoms with E-state index in [1.807, 2.05) is 4.68 Å². The van der Waals surface area contributed by atoms with Gasteiger partial charge in [0, 0.05) is 7.11 Å². The first-order valence-electron chi connectivity index (χ1n) is 6.82. The lowest BCUT2D eigenvalue weighted by Gasteiger charge is -2.21. The van der Waals surface area contributed by atoms with Crippen LogP contribution in [0.4, 0.5) is 0 Å². The van der Waals surface area contributed by atoms with Crippen LogP contribution in [-0.4, -0.2) is 23.5 Å². The quantitative estimate of drug-likeness (QED) is 0.635. The number of ether oxygens (including phenoxy) is 1. The summed E-state index contributed by atoms with van der Waals surface area (Å²) in [6.45, 7) is 5.32. The molecule has 0 fully saturated rings. The van der Waals surface area contributed by atoms with Gasteiger partial charge in [-0.05, 0) is 25.0 Å². The number of hydrazine groups is 1. The average molecular weight is 309 g/mol. The molecule has 1 heterocycles. The van der Waals surface area contributed by atoms with Gasteiger partial charge in [0.25, 0.3) is 0 Å². The van der Waals surface area contributed by atoms with Crippen LogP contribution in [0.2, 0.25) is 5.02 Å². The van der Waals surface area contributed by atoms with E-state index < -0.39 is 0 Å². The van der Waals surface area contributed by atoms with Gasteiger partial charge in [0.1, 0.15) is 0 Å². The van der Waals surface area contributed by atoms with E-state index in [-0.39, 0.29) is 6.04 Å². The van der Waals surface area contributed by atoms with Crippen molar-refractivity contribution in [3.05, 3.63) is 51.8 Å². The van der Waals surface area contributed by atoms with Gasteiger partial charge in [0.05, 0.1) is 36.1 Å². The molecule has 0 saturated carbocycles. The Morgan fingerprint density at radius 2 is 2.19 bits per heavy atom. The van der Waals surface area contributed by atoms with Crippen molar-refractivity contribution in [3.63, 3.8) is 0 Å². The van der Waals surface area contributed by atoms with Gasteiger partial charge in [-0.3, -0.25) is 10.5 Å². The summed E-state index contributed by atoms with van der Waals surface area (Å²) in [7, 11) is 1.66. The number of benzene rings is 1. The van der Waals surface area contributed by atoms with E-state index >= 15 is 0 Å². The van der Waals surface area contributed by atoms with Crippen LogP contribution in [0.25, 0.3) is 0 Å². The molecule has 0 spiro atoms. The van der Waals surface area contributed by atoms with Crippen molar-refractivity contribution >= 4 is 11.6 Å². The minimum atomic E-state index is -0.211. The van der Waals surface area contributed by atoms with Gasteiger partial charge in [-0.1, -0.05) is 35.4 Å². The zero-order valence-corrected chi connectivity index (χ0v) is 13.3. The van der Waals surface area contributed by atoms with Crippen molar-refractivity contribution in [2.75, 3.05) is 13.7 Å². The number of nitrogens with two attached hydrogens (primary N) is 1. The van der Waals surface area contributed by atoms with Crippen molar-refractivity contribution in [3.8, 4) is 0 Å². The number of hydrogen-bond acceptors (Lipinski definition) is 4. The van der Waals surface area contributed by atoms with Gasteiger partial charge in [0.15, 0.2) is 0 Å². The summed E-state index contributed by atoms with van der Waals surface area (Å²) in [5.74, 6) is 5.79. The summed E-state index contributed by atoms with van der Waals surface area (Å²) in [6.07, 6.45) is 1.64. The lowest BCUT2D eigenvalue weighted by molar-refractivity contribution is 0.182. The molecule has 3 N–H and O–H groups in total. The fourth-order valence-electron chi connectivity index (χ4n) is 2.48. The highest BCUT2D eigenvalue weighted by molar-refractivity contribution is 6.31. The molecule has 6 heteroatoms. The molecule has 1 aromatic heterocycles. The van der Waals surface area contributed by atoms with E-state index in [1.165, 1.54) is 5.56 Å². The molecule has 0 radical (unpaired) electrons. The van der Waals surface area contributed by atoms with Gasteiger partial charge in [-0.25, -0.2) is 5.43 Å². The zero-order valence-electron chi connectivity index (χ0n) is 12.6. The number of aromatic nitrogens is 2.